The summed E-state index contributed by atoms with van der Waals surface area (Å²) in [5.41, 5.74) is 6.92. The lowest BCUT2D eigenvalue weighted by atomic mass is 9.99. The van der Waals surface area contributed by atoms with Crippen LogP contribution in [0.2, 0.25) is 0 Å². The predicted octanol–water partition coefficient (Wildman–Crippen LogP) is 2.67. The molecular formula is C13H14N6OS2. The van der Waals surface area contributed by atoms with Crippen LogP contribution in [-0.2, 0) is 18.6 Å². The lowest BCUT2D eigenvalue weighted by Gasteiger charge is -2.08. The summed E-state index contributed by atoms with van der Waals surface area (Å²) in [6, 6.07) is 2.19. The van der Waals surface area contributed by atoms with Crippen molar-refractivity contribution in [2.45, 2.75) is 36.6 Å². The number of aromatic amines is 1. The van der Waals surface area contributed by atoms with Crippen molar-refractivity contribution in [3.63, 3.8) is 0 Å². The summed E-state index contributed by atoms with van der Waals surface area (Å²) in [6.07, 6.45) is 4.88. The van der Waals surface area contributed by atoms with Crippen LogP contribution in [0.4, 0.5) is 5.95 Å². The Morgan fingerprint density at radius 3 is 3.05 bits per heavy atom. The molecule has 1 aliphatic carbocycles. The third kappa shape index (κ3) is 2.73. The molecule has 3 heterocycles. The molecule has 4 rings (SSSR count). The van der Waals surface area contributed by atoms with Crippen molar-refractivity contribution >= 4 is 29.0 Å². The molecule has 1 aliphatic rings. The zero-order valence-corrected chi connectivity index (χ0v) is 13.3. The van der Waals surface area contributed by atoms with Gasteiger partial charge in [-0.2, -0.15) is 4.98 Å². The van der Waals surface area contributed by atoms with E-state index in [1.165, 1.54) is 41.5 Å². The van der Waals surface area contributed by atoms with Gasteiger partial charge >= 0.3 is 0 Å². The maximum atomic E-state index is 5.75. The van der Waals surface area contributed by atoms with Gasteiger partial charge in [-0.15, -0.1) is 26.6 Å². The Morgan fingerprint density at radius 1 is 1.32 bits per heavy atom. The smallest absolute Gasteiger partial charge is 0.257 e. The molecule has 0 atom stereocenters. The number of rotatable bonds is 4. The van der Waals surface area contributed by atoms with Crippen molar-refractivity contribution in [2.75, 3.05) is 5.73 Å². The van der Waals surface area contributed by atoms with Crippen LogP contribution in [0, 0.1) is 0 Å². The number of thiophene rings is 1. The Morgan fingerprint density at radius 2 is 2.23 bits per heavy atom. The van der Waals surface area contributed by atoms with E-state index in [1.54, 1.807) is 11.3 Å². The van der Waals surface area contributed by atoms with Crippen molar-refractivity contribution in [1.82, 2.24) is 25.4 Å². The highest BCUT2D eigenvalue weighted by atomic mass is 32.2. The quantitative estimate of drug-likeness (QED) is 0.706. The molecule has 0 unspecified atom stereocenters. The molecule has 0 amide bonds. The second kappa shape index (κ2) is 5.73. The molecule has 0 spiro atoms. The van der Waals surface area contributed by atoms with E-state index >= 15 is 0 Å². The largest absolute Gasteiger partial charge is 0.419 e. The normalized spacial score (nSPS) is 14.2. The second-order valence-electron chi connectivity index (χ2n) is 5.06. The number of fused-ring (bicyclic) bond motifs is 1. The summed E-state index contributed by atoms with van der Waals surface area (Å²) in [7, 11) is 0. The Labute approximate surface area is 134 Å². The Kier molecular flexibility index (Phi) is 3.59. The molecule has 3 N–H and O–H groups in total. The van der Waals surface area contributed by atoms with Crippen LogP contribution in [0.3, 0.4) is 0 Å². The van der Waals surface area contributed by atoms with Crippen LogP contribution in [0.25, 0.3) is 10.8 Å². The van der Waals surface area contributed by atoms with Gasteiger partial charge in [-0.3, -0.25) is 0 Å². The summed E-state index contributed by atoms with van der Waals surface area (Å²) >= 11 is 3.17. The summed E-state index contributed by atoms with van der Waals surface area (Å²) in [6.45, 7) is 0. The number of hydrogen-bond acceptors (Lipinski definition) is 8. The maximum Gasteiger partial charge on any atom is 0.257 e. The number of H-pyrrole nitrogens is 1. The van der Waals surface area contributed by atoms with E-state index in [0.717, 1.165) is 11.3 Å². The number of anilines is 1. The van der Waals surface area contributed by atoms with Gasteiger partial charge in [0.1, 0.15) is 0 Å². The molecule has 22 heavy (non-hydrogen) atoms. The number of nitrogens with one attached hydrogen (secondary N) is 1. The minimum absolute atomic E-state index is 0.304. The number of hydrogen-bond donors (Lipinski definition) is 2. The Hall–Kier alpha value is -1.87. The number of aryl methyl sites for hydroxylation is 2. The first kappa shape index (κ1) is 13.8. The number of thioether (sulfide) groups is 1. The lowest BCUT2D eigenvalue weighted by Crippen LogP contribution is -1.96. The van der Waals surface area contributed by atoms with E-state index in [0.29, 0.717) is 28.6 Å². The summed E-state index contributed by atoms with van der Waals surface area (Å²) in [5, 5.41) is 15.4. The molecule has 3 aromatic heterocycles. The van der Waals surface area contributed by atoms with Crippen LogP contribution in [0.5, 0.6) is 0 Å². The lowest BCUT2D eigenvalue weighted by molar-refractivity contribution is 0.529. The summed E-state index contributed by atoms with van der Waals surface area (Å²) in [5.74, 6) is 1.99. The number of aromatic nitrogens is 5. The first-order chi connectivity index (χ1) is 10.8. The molecule has 0 aliphatic heterocycles. The molecule has 0 radical (unpaired) electrons. The van der Waals surface area contributed by atoms with Gasteiger partial charge in [0, 0.05) is 4.88 Å². The minimum atomic E-state index is 0.304. The van der Waals surface area contributed by atoms with Crippen LogP contribution in [0.1, 0.15) is 29.2 Å². The van der Waals surface area contributed by atoms with Gasteiger partial charge in [0.05, 0.1) is 10.6 Å². The van der Waals surface area contributed by atoms with Gasteiger partial charge in [0.25, 0.3) is 5.89 Å². The fourth-order valence-corrected chi connectivity index (χ4v) is 4.27. The van der Waals surface area contributed by atoms with E-state index in [4.69, 9.17) is 10.2 Å². The van der Waals surface area contributed by atoms with Crippen molar-refractivity contribution in [2.24, 2.45) is 0 Å². The van der Waals surface area contributed by atoms with Crippen molar-refractivity contribution < 1.29 is 4.42 Å². The number of nitrogen functional groups attached to an aromatic ring is 1. The van der Waals surface area contributed by atoms with Gasteiger partial charge in [-0.25, -0.2) is 5.10 Å². The zero-order chi connectivity index (χ0) is 14.9. The summed E-state index contributed by atoms with van der Waals surface area (Å²) in [4.78, 5) is 6.55. The number of nitrogens with zero attached hydrogens (tertiary/aromatic N) is 4. The zero-order valence-electron chi connectivity index (χ0n) is 11.7. The monoisotopic (exact) mass is 334 g/mol. The average Bonchev–Trinajstić information content (AvgIpc) is 3.23. The second-order valence-corrected chi connectivity index (χ2v) is 7.14. The molecule has 0 saturated heterocycles. The highest BCUT2D eigenvalue weighted by molar-refractivity contribution is 7.98. The molecule has 0 saturated carbocycles. The van der Waals surface area contributed by atoms with Gasteiger partial charge in [0.2, 0.25) is 17.0 Å². The molecule has 3 aromatic rings. The van der Waals surface area contributed by atoms with E-state index in [-0.39, 0.29) is 0 Å². The molecule has 0 fully saturated rings. The minimum Gasteiger partial charge on any atom is -0.419 e. The third-order valence-electron chi connectivity index (χ3n) is 3.48. The topological polar surface area (TPSA) is 107 Å². The fourth-order valence-electron chi connectivity index (χ4n) is 2.46. The fraction of sp³-hybridized carbons (Fsp3) is 0.385. The molecular weight excluding hydrogens is 320 g/mol. The maximum absolute atomic E-state index is 5.75. The van der Waals surface area contributed by atoms with Gasteiger partial charge in [-0.05, 0) is 37.3 Å². The van der Waals surface area contributed by atoms with Gasteiger partial charge in [-0.1, -0.05) is 11.8 Å². The van der Waals surface area contributed by atoms with Crippen molar-refractivity contribution in [3.05, 3.63) is 22.4 Å². The van der Waals surface area contributed by atoms with Crippen molar-refractivity contribution in [1.29, 1.82) is 0 Å². The highest BCUT2D eigenvalue weighted by Gasteiger charge is 2.18. The molecule has 0 bridgehead atoms. The first-order valence-electron chi connectivity index (χ1n) is 7.03. The van der Waals surface area contributed by atoms with Crippen LogP contribution < -0.4 is 5.73 Å². The number of nitrogens with two attached hydrogens (primary N) is 1. The molecule has 114 valence electrons. The molecule has 9 heteroatoms. The van der Waals surface area contributed by atoms with Gasteiger partial charge in [0.15, 0.2) is 0 Å². The third-order valence-corrected chi connectivity index (χ3v) is 5.54. The van der Waals surface area contributed by atoms with Crippen LogP contribution >= 0.6 is 23.1 Å². The van der Waals surface area contributed by atoms with Crippen LogP contribution in [-0.4, -0.2) is 25.4 Å². The SMILES string of the molecule is Nc1nc(SCc2nnc(-c3cc4c(s3)CCCC4)o2)n[nH]1. The molecule has 7 nitrogen and oxygen atoms in total. The molecule has 0 aromatic carbocycles. The highest BCUT2D eigenvalue weighted by Crippen LogP contribution is 2.35. The Balaban J connectivity index is 1.47. The van der Waals surface area contributed by atoms with Crippen LogP contribution in [0.15, 0.2) is 15.6 Å². The summed E-state index contributed by atoms with van der Waals surface area (Å²) < 4.78 is 5.75. The van der Waals surface area contributed by atoms with E-state index in [9.17, 15) is 0 Å². The van der Waals surface area contributed by atoms with E-state index in [1.807, 2.05) is 0 Å². The average molecular weight is 334 g/mol. The first-order valence-corrected chi connectivity index (χ1v) is 8.83. The Bertz CT molecular complexity index is 769. The standard InChI is InChI=1S/C13H14N6OS2/c14-12-15-13(19-18-12)21-6-10-16-17-11(20-10)9-5-7-3-1-2-4-8(7)22-9/h5H,1-4,6H2,(H3,14,15,18,19). The van der Waals surface area contributed by atoms with Crippen molar-refractivity contribution in [3.8, 4) is 10.8 Å². The van der Waals surface area contributed by atoms with E-state index in [2.05, 4.69) is 31.4 Å². The van der Waals surface area contributed by atoms with E-state index < -0.39 is 0 Å². The van der Waals surface area contributed by atoms with Gasteiger partial charge < -0.3 is 10.2 Å². The predicted molar refractivity (Wildman–Crippen MR) is 84.6 cm³/mol.